The molecule has 1 heterocycles. The Bertz CT molecular complexity index is 1190. The van der Waals surface area contributed by atoms with Crippen molar-refractivity contribution in [1.29, 1.82) is 0 Å². The van der Waals surface area contributed by atoms with E-state index < -0.39 is 23.4 Å². The lowest BCUT2D eigenvalue weighted by atomic mass is 9.88. The van der Waals surface area contributed by atoms with Gasteiger partial charge >= 0.3 is 6.03 Å². The molecule has 3 aromatic carbocycles. The number of nitrogens with one attached hydrogen (secondary N) is 2. The van der Waals surface area contributed by atoms with Gasteiger partial charge in [-0.2, -0.15) is 0 Å². The number of hydrogen-bond acceptors (Lipinski definition) is 3. The van der Waals surface area contributed by atoms with E-state index in [4.69, 9.17) is 11.6 Å². The first-order valence-corrected chi connectivity index (χ1v) is 10.3. The highest BCUT2D eigenvalue weighted by molar-refractivity contribution is 6.31. The Kier molecular flexibility index (Phi) is 5.41. The normalized spacial score (nSPS) is 19.4. The third-order valence-electron chi connectivity index (χ3n) is 5.65. The summed E-state index contributed by atoms with van der Waals surface area (Å²) in [5.74, 6) is -0.910. The van der Waals surface area contributed by atoms with Crippen molar-refractivity contribution < 1.29 is 14.4 Å². The van der Waals surface area contributed by atoms with Crippen LogP contribution in [0.2, 0.25) is 5.02 Å². The molecule has 2 unspecified atom stereocenters. The van der Waals surface area contributed by atoms with Crippen LogP contribution >= 0.6 is 11.6 Å². The Morgan fingerprint density at radius 2 is 1.74 bits per heavy atom. The largest absolute Gasteiger partial charge is 0.348 e. The number of carbonyl (C=O) groups is 3. The highest BCUT2D eigenvalue weighted by atomic mass is 35.5. The van der Waals surface area contributed by atoms with E-state index in [9.17, 15) is 14.4 Å². The molecule has 3 aromatic rings. The molecule has 1 aliphatic rings. The molecule has 1 fully saturated rings. The zero-order valence-corrected chi connectivity index (χ0v) is 17.9. The summed E-state index contributed by atoms with van der Waals surface area (Å²) in [4.78, 5) is 39.5. The van der Waals surface area contributed by atoms with Gasteiger partial charge in [-0.25, -0.2) is 4.79 Å². The van der Waals surface area contributed by atoms with Gasteiger partial charge in [-0.3, -0.25) is 14.5 Å². The van der Waals surface area contributed by atoms with Crippen LogP contribution in [-0.2, 0) is 15.1 Å². The van der Waals surface area contributed by atoms with Crippen LogP contribution < -0.4 is 10.6 Å². The first-order chi connectivity index (χ1) is 14.8. The molecular formula is C24H22ClN3O3. The first kappa shape index (κ1) is 20.9. The number of halogens is 1. The molecule has 158 valence electrons. The van der Waals surface area contributed by atoms with Crippen LogP contribution in [0.3, 0.4) is 0 Å². The summed E-state index contributed by atoms with van der Waals surface area (Å²) in [5, 5.41) is 7.96. The van der Waals surface area contributed by atoms with Crippen molar-refractivity contribution in [3.8, 4) is 0 Å². The molecule has 0 saturated carbocycles. The number of benzene rings is 3. The van der Waals surface area contributed by atoms with Gasteiger partial charge in [0.05, 0.1) is 6.04 Å². The van der Waals surface area contributed by atoms with E-state index in [1.165, 1.54) is 0 Å². The lowest BCUT2D eigenvalue weighted by Gasteiger charge is -2.24. The predicted molar refractivity (Wildman–Crippen MR) is 120 cm³/mol. The third kappa shape index (κ3) is 3.75. The van der Waals surface area contributed by atoms with Gasteiger partial charge in [0, 0.05) is 5.02 Å². The van der Waals surface area contributed by atoms with E-state index in [1.807, 2.05) is 60.7 Å². The van der Waals surface area contributed by atoms with E-state index in [0.717, 1.165) is 21.2 Å². The van der Waals surface area contributed by atoms with Crippen molar-refractivity contribution in [3.63, 3.8) is 0 Å². The van der Waals surface area contributed by atoms with E-state index >= 15 is 0 Å². The SMILES string of the molecule is CC(NC(=O)CN1C(=O)NC(C)(c2cccc3ccccc23)C1=O)c1ccccc1Cl. The molecule has 7 heteroatoms. The van der Waals surface area contributed by atoms with Gasteiger partial charge in [0.25, 0.3) is 5.91 Å². The molecule has 4 rings (SSSR count). The Morgan fingerprint density at radius 3 is 2.52 bits per heavy atom. The fourth-order valence-electron chi connectivity index (χ4n) is 4.02. The van der Waals surface area contributed by atoms with Crippen molar-refractivity contribution in [2.75, 3.05) is 6.54 Å². The summed E-state index contributed by atoms with van der Waals surface area (Å²) in [6.07, 6.45) is 0. The maximum atomic E-state index is 13.3. The summed E-state index contributed by atoms with van der Waals surface area (Å²) in [6, 6.07) is 19.5. The van der Waals surface area contributed by atoms with Crippen molar-refractivity contribution in [1.82, 2.24) is 15.5 Å². The number of rotatable bonds is 5. The lowest BCUT2D eigenvalue weighted by molar-refractivity contribution is -0.135. The maximum Gasteiger partial charge on any atom is 0.325 e. The molecule has 0 aromatic heterocycles. The molecule has 0 bridgehead atoms. The van der Waals surface area contributed by atoms with Crippen LogP contribution in [-0.4, -0.2) is 29.3 Å². The monoisotopic (exact) mass is 435 g/mol. The Balaban J connectivity index is 1.54. The van der Waals surface area contributed by atoms with Gasteiger partial charge in [-0.15, -0.1) is 0 Å². The highest BCUT2D eigenvalue weighted by Crippen LogP contribution is 2.33. The van der Waals surface area contributed by atoms with E-state index in [-0.39, 0.29) is 12.6 Å². The van der Waals surface area contributed by atoms with Crippen LogP contribution in [0.1, 0.15) is 31.0 Å². The third-order valence-corrected chi connectivity index (χ3v) is 6.00. The quantitative estimate of drug-likeness (QED) is 0.591. The molecule has 0 spiro atoms. The molecule has 2 N–H and O–H groups in total. The zero-order chi connectivity index (χ0) is 22.2. The summed E-state index contributed by atoms with van der Waals surface area (Å²) in [6.45, 7) is 3.09. The molecule has 1 aliphatic heterocycles. The Labute approximate surface area is 185 Å². The number of nitrogens with zero attached hydrogens (tertiary/aromatic N) is 1. The molecule has 6 nitrogen and oxygen atoms in total. The number of fused-ring (bicyclic) bond motifs is 1. The number of carbonyl (C=O) groups excluding carboxylic acids is 3. The maximum absolute atomic E-state index is 13.3. The van der Waals surface area contributed by atoms with Gasteiger partial charge in [-0.1, -0.05) is 72.3 Å². The van der Waals surface area contributed by atoms with Gasteiger partial charge in [-0.05, 0) is 41.8 Å². The predicted octanol–water partition coefficient (Wildman–Crippen LogP) is 4.14. The molecule has 0 aliphatic carbocycles. The average Bonchev–Trinajstić information content (AvgIpc) is 2.97. The van der Waals surface area contributed by atoms with Gasteiger partial charge < -0.3 is 10.6 Å². The molecule has 2 atom stereocenters. The second-order valence-electron chi connectivity index (χ2n) is 7.78. The Morgan fingerprint density at radius 1 is 1.06 bits per heavy atom. The molecule has 4 amide bonds. The van der Waals surface area contributed by atoms with Gasteiger partial charge in [0.1, 0.15) is 12.1 Å². The van der Waals surface area contributed by atoms with Crippen molar-refractivity contribution in [2.45, 2.75) is 25.4 Å². The molecule has 1 saturated heterocycles. The minimum absolute atomic E-state index is 0.369. The first-order valence-electron chi connectivity index (χ1n) is 9.97. The standard InChI is InChI=1S/C24H22ClN3O3/c1-15(17-10-5-6-13-20(17)25)26-21(29)14-28-22(30)24(2,27-23(28)31)19-12-7-9-16-8-3-4-11-18(16)19/h3-13,15H,14H2,1-2H3,(H,26,29)(H,27,31). The zero-order valence-electron chi connectivity index (χ0n) is 17.2. The van der Waals surface area contributed by atoms with Crippen LogP contribution in [0.5, 0.6) is 0 Å². The fourth-order valence-corrected chi connectivity index (χ4v) is 4.32. The van der Waals surface area contributed by atoms with Gasteiger partial charge in [0.15, 0.2) is 0 Å². The number of amides is 4. The summed E-state index contributed by atoms with van der Waals surface area (Å²) in [7, 11) is 0. The number of imide groups is 1. The van der Waals surface area contributed by atoms with Gasteiger partial charge in [0.2, 0.25) is 5.91 Å². The van der Waals surface area contributed by atoms with E-state index in [0.29, 0.717) is 10.6 Å². The van der Waals surface area contributed by atoms with Crippen molar-refractivity contribution in [2.24, 2.45) is 0 Å². The summed E-state index contributed by atoms with van der Waals surface area (Å²) < 4.78 is 0. The fraction of sp³-hybridized carbons (Fsp3) is 0.208. The van der Waals surface area contributed by atoms with Crippen LogP contribution in [0, 0.1) is 0 Å². The van der Waals surface area contributed by atoms with Crippen LogP contribution in [0.15, 0.2) is 66.7 Å². The van der Waals surface area contributed by atoms with Crippen molar-refractivity contribution >= 4 is 40.2 Å². The smallest absolute Gasteiger partial charge is 0.325 e. The second kappa shape index (κ2) is 8.04. The second-order valence-corrected chi connectivity index (χ2v) is 8.19. The van der Waals surface area contributed by atoms with E-state index in [2.05, 4.69) is 10.6 Å². The molecule has 0 radical (unpaired) electrons. The molecule has 31 heavy (non-hydrogen) atoms. The van der Waals surface area contributed by atoms with Crippen molar-refractivity contribution in [3.05, 3.63) is 82.9 Å². The Hall–Kier alpha value is -3.38. The summed E-state index contributed by atoms with van der Waals surface area (Å²) >= 11 is 6.19. The topological polar surface area (TPSA) is 78.5 Å². The molecular weight excluding hydrogens is 414 g/mol. The average molecular weight is 436 g/mol. The minimum atomic E-state index is -1.26. The summed E-state index contributed by atoms with van der Waals surface area (Å²) in [5.41, 5.74) is 0.193. The van der Waals surface area contributed by atoms with Crippen LogP contribution in [0.4, 0.5) is 4.79 Å². The van der Waals surface area contributed by atoms with Crippen LogP contribution in [0.25, 0.3) is 10.8 Å². The number of hydrogen-bond donors (Lipinski definition) is 2. The van der Waals surface area contributed by atoms with E-state index in [1.54, 1.807) is 19.9 Å². The highest BCUT2D eigenvalue weighted by Gasteiger charge is 2.50. The lowest BCUT2D eigenvalue weighted by Crippen LogP contribution is -2.43. The minimum Gasteiger partial charge on any atom is -0.348 e. The number of urea groups is 1.